The van der Waals surface area contributed by atoms with E-state index in [1.54, 1.807) is 6.26 Å². The van der Waals surface area contributed by atoms with Crippen LogP contribution in [0.4, 0.5) is 5.82 Å². The van der Waals surface area contributed by atoms with Crippen molar-refractivity contribution in [2.45, 2.75) is 45.5 Å². The first-order valence-electron chi connectivity index (χ1n) is 7.13. The Balaban J connectivity index is 2.32. The molecular formula is C17H23ClN2O. The van der Waals surface area contributed by atoms with Crippen LogP contribution < -0.4 is 4.90 Å². The summed E-state index contributed by atoms with van der Waals surface area (Å²) in [7, 11) is 2.04. The Labute approximate surface area is 131 Å². The summed E-state index contributed by atoms with van der Waals surface area (Å²) in [5.41, 5.74) is 3.34. The van der Waals surface area contributed by atoms with E-state index < -0.39 is 0 Å². The summed E-state index contributed by atoms with van der Waals surface area (Å²) < 4.78 is 5.36. The standard InChI is InChI=1S/C17H23ClN2O/c1-12-14(6-7-21-12)11-20(5)16-9-13(10-18)8-15(19-16)17(2,3)4/h6-9H,10-11H2,1-5H3. The van der Waals surface area contributed by atoms with E-state index in [2.05, 4.69) is 37.8 Å². The van der Waals surface area contributed by atoms with Crippen molar-refractivity contribution in [3.05, 3.63) is 47.0 Å². The van der Waals surface area contributed by atoms with Crippen LogP contribution in [0.2, 0.25) is 0 Å². The molecule has 2 rings (SSSR count). The maximum absolute atomic E-state index is 6.03. The second-order valence-electron chi connectivity index (χ2n) is 6.46. The lowest BCUT2D eigenvalue weighted by atomic mass is 9.91. The maximum atomic E-state index is 6.03. The number of aryl methyl sites for hydroxylation is 1. The van der Waals surface area contributed by atoms with Gasteiger partial charge in [-0.25, -0.2) is 4.98 Å². The number of hydrogen-bond donors (Lipinski definition) is 0. The molecule has 114 valence electrons. The molecule has 0 saturated heterocycles. The zero-order valence-corrected chi connectivity index (χ0v) is 14.2. The molecule has 21 heavy (non-hydrogen) atoms. The van der Waals surface area contributed by atoms with Crippen LogP contribution in [-0.4, -0.2) is 12.0 Å². The molecule has 0 N–H and O–H groups in total. The van der Waals surface area contributed by atoms with Crippen LogP contribution in [0.1, 0.15) is 43.4 Å². The van der Waals surface area contributed by atoms with E-state index in [4.69, 9.17) is 21.0 Å². The van der Waals surface area contributed by atoms with Gasteiger partial charge >= 0.3 is 0 Å². The lowest BCUT2D eigenvalue weighted by molar-refractivity contribution is 0.529. The second kappa shape index (κ2) is 6.10. The van der Waals surface area contributed by atoms with Gasteiger partial charge in [0.05, 0.1) is 6.26 Å². The molecule has 2 heterocycles. The van der Waals surface area contributed by atoms with Crippen molar-refractivity contribution in [1.29, 1.82) is 0 Å². The SMILES string of the molecule is Cc1occc1CN(C)c1cc(CCl)cc(C(C)(C)C)n1. The van der Waals surface area contributed by atoms with Gasteiger partial charge in [0, 0.05) is 36.1 Å². The number of anilines is 1. The molecule has 0 aromatic carbocycles. The summed E-state index contributed by atoms with van der Waals surface area (Å²) in [6.07, 6.45) is 1.72. The van der Waals surface area contributed by atoms with Gasteiger partial charge in [-0.05, 0) is 30.7 Å². The fraction of sp³-hybridized carbons (Fsp3) is 0.471. The highest BCUT2D eigenvalue weighted by Gasteiger charge is 2.18. The summed E-state index contributed by atoms with van der Waals surface area (Å²) in [5.74, 6) is 2.39. The van der Waals surface area contributed by atoms with Gasteiger partial charge in [0.1, 0.15) is 11.6 Å². The second-order valence-corrected chi connectivity index (χ2v) is 6.73. The van der Waals surface area contributed by atoms with E-state index in [0.29, 0.717) is 5.88 Å². The third-order valence-corrected chi connectivity index (χ3v) is 3.87. The van der Waals surface area contributed by atoms with Crippen molar-refractivity contribution in [2.75, 3.05) is 11.9 Å². The quantitative estimate of drug-likeness (QED) is 0.770. The summed E-state index contributed by atoms with van der Waals surface area (Å²) in [5, 5.41) is 0. The molecule has 0 aliphatic rings. The minimum atomic E-state index is 0.00319. The van der Waals surface area contributed by atoms with Crippen LogP contribution in [-0.2, 0) is 17.8 Å². The lowest BCUT2D eigenvalue weighted by Gasteiger charge is -2.24. The smallest absolute Gasteiger partial charge is 0.129 e. The molecule has 0 atom stereocenters. The molecule has 4 heteroatoms. The number of aromatic nitrogens is 1. The first-order valence-corrected chi connectivity index (χ1v) is 7.66. The van der Waals surface area contributed by atoms with E-state index in [1.165, 1.54) is 5.56 Å². The van der Waals surface area contributed by atoms with E-state index >= 15 is 0 Å². The number of rotatable bonds is 4. The van der Waals surface area contributed by atoms with Crippen LogP contribution in [0.5, 0.6) is 0 Å². The molecule has 0 unspecified atom stereocenters. The molecule has 0 fully saturated rings. The molecule has 0 amide bonds. The van der Waals surface area contributed by atoms with Crippen molar-refractivity contribution in [3.8, 4) is 0 Å². The van der Waals surface area contributed by atoms with E-state index in [1.807, 2.05) is 20.0 Å². The maximum Gasteiger partial charge on any atom is 0.129 e. The highest BCUT2D eigenvalue weighted by atomic mass is 35.5. The predicted octanol–water partition coefficient (Wildman–Crippen LogP) is 4.66. The minimum absolute atomic E-state index is 0.00319. The Bertz CT molecular complexity index is 613. The van der Waals surface area contributed by atoms with Crippen LogP contribution >= 0.6 is 11.6 Å². The number of alkyl halides is 1. The molecule has 3 nitrogen and oxygen atoms in total. The number of furan rings is 1. The van der Waals surface area contributed by atoms with Gasteiger partial charge in [0.15, 0.2) is 0 Å². The molecule has 2 aromatic rings. The molecule has 0 bridgehead atoms. The Kier molecular flexibility index (Phi) is 4.62. The van der Waals surface area contributed by atoms with Crippen LogP contribution in [0.3, 0.4) is 0 Å². The normalized spacial score (nSPS) is 11.7. The Morgan fingerprint density at radius 1 is 1.29 bits per heavy atom. The van der Waals surface area contributed by atoms with Gasteiger partial charge in [0.25, 0.3) is 0 Å². The molecule has 0 spiro atoms. The number of hydrogen-bond acceptors (Lipinski definition) is 3. The molecular weight excluding hydrogens is 284 g/mol. The third kappa shape index (κ3) is 3.79. The van der Waals surface area contributed by atoms with Crippen molar-refractivity contribution >= 4 is 17.4 Å². The number of nitrogens with zero attached hydrogens (tertiary/aromatic N) is 2. The summed E-state index contributed by atoms with van der Waals surface area (Å²) >= 11 is 6.03. The monoisotopic (exact) mass is 306 g/mol. The predicted molar refractivity (Wildman–Crippen MR) is 88.0 cm³/mol. The Hall–Kier alpha value is -1.48. The fourth-order valence-corrected chi connectivity index (χ4v) is 2.29. The minimum Gasteiger partial charge on any atom is -0.469 e. The van der Waals surface area contributed by atoms with Crippen molar-refractivity contribution in [3.63, 3.8) is 0 Å². The molecule has 0 aliphatic heterocycles. The van der Waals surface area contributed by atoms with Gasteiger partial charge < -0.3 is 9.32 Å². The average molecular weight is 307 g/mol. The topological polar surface area (TPSA) is 29.3 Å². The third-order valence-electron chi connectivity index (χ3n) is 3.56. The first-order chi connectivity index (χ1) is 9.81. The first kappa shape index (κ1) is 15.9. The van der Waals surface area contributed by atoms with Crippen molar-refractivity contribution in [1.82, 2.24) is 4.98 Å². The van der Waals surface area contributed by atoms with Gasteiger partial charge in [-0.3, -0.25) is 0 Å². The number of pyridine rings is 1. The fourth-order valence-electron chi connectivity index (χ4n) is 2.14. The zero-order valence-electron chi connectivity index (χ0n) is 13.4. The Morgan fingerprint density at radius 3 is 2.52 bits per heavy atom. The van der Waals surface area contributed by atoms with E-state index in [0.717, 1.165) is 29.4 Å². The highest BCUT2D eigenvalue weighted by Crippen LogP contribution is 2.26. The van der Waals surface area contributed by atoms with Crippen molar-refractivity contribution < 1.29 is 4.42 Å². The van der Waals surface area contributed by atoms with Gasteiger partial charge in [-0.1, -0.05) is 20.8 Å². The summed E-state index contributed by atoms with van der Waals surface area (Å²) in [6.45, 7) is 9.24. The van der Waals surface area contributed by atoms with Crippen LogP contribution in [0.25, 0.3) is 0 Å². The van der Waals surface area contributed by atoms with Crippen LogP contribution in [0, 0.1) is 6.92 Å². The van der Waals surface area contributed by atoms with Crippen LogP contribution in [0.15, 0.2) is 28.9 Å². The van der Waals surface area contributed by atoms with E-state index in [-0.39, 0.29) is 5.41 Å². The lowest BCUT2D eigenvalue weighted by Crippen LogP contribution is -2.21. The highest BCUT2D eigenvalue weighted by molar-refractivity contribution is 6.17. The molecule has 0 radical (unpaired) electrons. The van der Waals surface area contributed by atoms with E-state index in [9.17, 15) is 0 Å². The molecule has 0 saturated carbocycles. The zero-order chi connectivity index (χ0) is 15.6. The average Bonchev–Trinajstić information content (AvgIpc) is 2.82. The van der Waals surface area contributed by atoms with Gasteiger partial charge in [-0.2, -0.15) is 0 Å². The molecule has 2 aromatic heterocycles. The number of halogens is 1. The van der Waals surface area contributed by atoms with Gasteiger partial charge in [0.2, 0.25) is 0 Å². The van der Waals surface area contributed by atoms with Crippen molar-refractivity contribution in [2.24, 2.45) is 0 Å². The molecule has 0 aliphatic carbocycles. The summed E-state index contributed by atoms with van der Waals surface area (Å²) in [6, 6.07) is 6.15. The van der Waals surface area contributed by atoms with Gasteiger partial charge in [-0.15, -0.1) is 11.6 Å². The Morgan fingerprint density at radius 2 is 2.00 bits per heavy atom. The largest absolute Gasteiger partial charge is 0.469 e. The summed E-state index contributed by atoms with van der Waals surface area (Å²) in [4.78, 5) is 6.93.